The maximum atomic E-state index is 13.9. The number of hydrogen-bond acceptors (Lipinski definition) is 7. The first-order valence-electron chi connectivity index (χ1n) is 9.66. The molecule has 1 aromatic carbocycles. The Morgan fingerprint density at radius 1 is 1.14 bits per heavy atom. The van der Waals surface area contributed by atoms with E-state index < -0.39 is 0 Å². The smallest absolute Gasteiger partial charge is 0.278 e. The summed E-state index contributed by atoms with van der Waals surface area (Å²) in [6, 6.07) is 8.72. The van der Waals surface area contributed by atoms with Crippen molar-refractivity contribution in [2.45, 2.75) is 39.0 Å². The van der Waals surface area contributed by atoms with Gasteiger partial charge in [0.15, 0.2) is 0 Å². The third-order valence-electron chi connectivity index (χ3n) is 4.83. The molecule has 4 rings (SSSR count). The van der Waals surface area contributed by atoms with Crippen LogP contribution in [0.1, 0.15) is 29.9 Å². The van der Waals surface area contributed by atoms with E-state index in [1.807, 2.05) is 25.1 Å². The van der Waals surface area contributed by atoms with E-state index in [0.717, 1.165) is 37.3 Å². The van der Waals surface area contributed by atoms with Gasteiger partial charge in [0, 0.05) is 43.7 Å². The number of nitrogens with zero attached hydrogens (tertiary/aromatic N) is 4. The van der Waals surface area contributed by atoms with Crippen molar-refractivity contribution in [2.24, 2.45) is 0 Å². The molecule has 1 saturated heterocycles. The van der Waals surface area contributed by atoms with Gasteiger partial charge in [-0.2, -0.15) is 0 Å². The van der Waals surface area contributed by atoms with Crippen molar-refractivity contribution in [2.75, 3.05) is 13.1 Å². The van der Waals surface area contributed by atoms with Crippen LogP contribution in [0.4, 0.5) is 4.39 Å². The van der Waals surface area contributed by atoms with Crippen molar-refractivity contribution in [3.05, 3.63) is 65.6 Å². The van der Waals surface area contributed by atoms with Gasteiger partial charge in [0.2, 0.25) is 0 Å². The average molecular weight is 398 g/mol. The Morgan fingerprint density at radius 2 is 1.90 bits per heavy atom. The van der Waals surface area contributed by atoms with Gasteiger partial charge in [-0.25, -0.2) is 14.4 Å². The predicted molar refractivity (Wildman–Crippen MR) is 103 cm³/mol. The molecule has 29 heavy (non-hydrogen) atoms. The van der Waals surface area contributed by atoms with Crippen LogP contribution in [0, 0.1) is 12.7 Å². The molecule has 0 aliphatic carbocycles. The predicted octanol–water partition coefficient (Wildman–Crippen LogP) is 3.53. The Morgan fingerprint density at radius 3 is 2.62 bits per heavy atom. The number of halogens is 1. The molecule has 0 N–H and O–H groups in total. The van der Waals surface area contributed by atoms with Gasteiger partial charge in [-0.05, 0) is 25.8 Å². The summed E-state index contributed by atoms with van der Waals surface area (Å²) >= 11 is 0. The summed E-state index contributed by atoms with van der Waals surface area (Å²) < 4.78 is 30.7. The van der Waals surface area contributed by atoms with E-state index in [1.165, 1.54) is 6.07 Å². The molecule has 0 atom stereocenters. The zero-order valence-electron chi connectivity index (χ0n) is 16.3. The first kappa shape index (κ1) is 19.3. The molecule has 0 amide bonds. The molecule has 7 nitrogen and oxygen atoms in total. The number of piperidine rings is 1. The molecule has 1 fully saturated rings. The van der Waals surface area contributed by atoms with Gasteiger partial charge >= 0.3 is 0 Å². The summed E-state index contributed by atoms with van der Waals surface area (Å²) in [6.45, 7) is 4.32. The fourth-order valence-corrected chi connectivity index (χ4v) is 3.33. The summed E-state index contributed by atoms with van der Waals surface area (Å²) in [5.41, 5.74) is 1.40. The van der Waals surface area contributed by atoms with Gasteiger partial charge in [-0.1, -0.05) is 23.4 Å². The topological polar surface area (TPSA) is 73.5 Å². The molecule has 0 spiro atoms. The highest BCUT2D eigenvalue weighted by atomic mass is 19.1. The minimum atomic E-state index is -0.158. The number of aryl methyl sites for hydroxylation is 1. The van der Waals surface area contributed by atoms with E-state index in [1.54, 1.807) is 18.5 Å². The maximum Gasteiger partial charge on any atom is 0.278 e. The Kier molecular flexibility index (Phi) is 6.00. The number of benzene rings is 1. The van der Waals surface area contributed by atoms with Gasteiger partial charge in [-0.3, -0.25) is 4.90 Å². The first-order chi connectivity index (χ1) is 14.2. The van der Waals surface area contributed by atoms with Crippen LogP contribution in [0.2, 0.25) is 0 Å². The van der Waals surface area contributed by atoms with Crippen molar-refractivity contribution in [3.8, 4) is 11.8 Å². The summed E-state index contributed by atoms with van der Waals surface area (Å²) in [5, 5.41) is 3.90. The summed E-state index contributed by atoms with van der Waals surface area (Å²) in [4.78, 5) is 10.7. The molecule has 2 aromatic heterocycles. The highest BCUT2D eigenvalue weighted by Crippen LogP contribution is 2.26. The van der Waals surface area contributed by atoms with Crippen LogP contribution < -0.4 is 9.47 Å². The van der Waals surface area contributed by atoms with Crippen LogP contribution in [0.25, 0.3) is 0 Å². The second-order valence-corrected chi connectivity index (χ2v) is 7.07. The highest BCUT2D eigenvalue weighted by Gasteiger charge is 2.23. The fraction of sp³-hybridized carbons (Fsp3) is 0.381. The first-order valence-corrected chi connectivity index (χ1v) is 9.66. The molecule has 3 heterocycles. The third-order valence-corrected chi connectivity index (χ3v) is 4.83. The number of aromatic nitrogens is 3. The van der Waals surface area contributed by atoms with Crippen LogP contribution in [-0.2, 0) is 13.2 Å². The molecule has 0 unspecified atom stereocenters. The van der Waals surface area contributed by atoms with Crippen LogP contribution >= 0.6 is 0 Å². The molecule has 1 aliphatic heterocycles. The monoisotopic (exact) mass is 398 g/mol. The number of ether oxygens (including phenoxy) is 2. The molecular weight excluding hydrogens is 375 g/mol. The fourth-order valence-electron chi connectivity index (χ4n) is 3.33. The SMILES string of the molecule is Cc1cc(COc2nccnc2OC2CCN(Cc3ccccc3F)CC2)no1. The van der Waals surface area contributed by atoms with E-state index >= 15 is 0 Å². The van der Waals surface area contributed by atoms with Gasteiger partial charge in [0.25, 0.3) is 11.8 Å². The van der Waals surface area contributed by atoms with Crippen LogP contribution in [0.3, 0.4) is 0 Å². The van der Waals surface area contributed by atoms with Gasteiger partial charge < -0.3 is 14.0 Å². The quantitative estimate of drug-likeness (QED) is 0.603. The lowest BCUT2D eigenvalue weighted by Crippen LogP contribution is -2.38. The molecule has 0 bridgehead atoms. The van der Waals surface area contributed by atoms with E-state index in [2.05, 4.69) is 20.0 Å². The Bertz CT molecular complexity index is 941. The largest absolute Gasteiger partial charge is 0.470 e. The minimum Gasteiger partial charge on any atom is -0.470 e. The maximum absolute atomic E-state index is 13.9. The lowest BCUT2D eigenvalue weighted by molar-refractivity contribution is 0.0876. The van der Waals surface area contributed by atoms with Crippen LogP contribution in [0.5, 0.6) is 11.8 Å². The standard InChI is InChI=1S/C21H23FN4O3/c1-15-12-17(25-29-15)14-27-20-21(24-9-8-23-20)28-18-6-10-26(11-7-18)13-16-4-2-3-5-19(16)22/h2-5,8-9,12,18H,6-7,10-11,13-14H2,1H3. The summed E-state index contributed by atoms with van der Waals surface area (Å²) in [6.07, 6.45) is 4.81. The Labute approximate surface area is 168 Å². The van der Waals surface area contributed by atoms with Gasteiger partial charge in [0.1, 0.15) is 30.0 Å². The zero-order valence-corrected chi connectivity index (χ0v) is 16.3. The number of likely N-dealkylation sites (tertiary alicyclic amines) is 1. The second-order valence-electron chi connectivity index (χ2n) is 7.07. The van der Waals surface area contributed by atoms with Gasteiger partial charge in [0.05, 0.1) is 0 Å². The van der Waals surface area contributed by atoms with Crippen molar-refractivity contribution < 1.29 is 18.4 Å². The third kappa shape index (κ3) is 5.08. The normalized spacial score (nSPS) is 15.4. The van der Waals surface area contributed by atoms with E-state index in [9.17, 15) is 4.39 Å². The van der Waals surface area contributed by atoms with Crippen molar-refractivity contribution in [1.82, 2.24) is 20.0 Å². The zero-order chi connectivity index (χ0) is 20.1. The molecule has 0 saturated carbocycles. The number of hydrogen-bond donors (Lipinski definition) is 0. The summed E-state index contributed by atoms with van der Waals surface area (Å²) in [7, 11) is 0. The molecule has 152 valence electrons. The van der Waals surface area contributed by atoms with Gasteiger partial charge in [-0.15, -0.1) is 0 Å². The Hall–Kier alpha value is -3.00. The number of rotatable bonds is 7. The van der Waals surface area contributed by atoms with Crippen molar-refractivity contribution >= 4 is 0 Å². The molecular formula is C21H23FN4O3. The summed E-state index contributed by atoms with van der Waals surface area (Å²) in [5.74, 6) is 1.28. The molecule has 0 radical (unpaired) electrons. The molecule has 8 heteroatoms. The van der Waals surface area contributed by atoms with Crippen molar-refractivity contribution in [3.63, 3.8) is 0 Å². The Balaban J connectivity index is 1.31. The van der Waals surface area contributed by atoms with E-state index in [-0.39, 0.29) is 18.5 Å². The molecule has 3 aromatic rings. The van der Waals surface area contributed by atoms with Crippen molar-refractivity contribution in [1.29, 1.82) is 0 Å². The van der Waals surface area contributed by atoms with Crippen LogP contribution in [-0.4, -0.2) is 39.2 Å². The lowest BCUT2D eigenvalue weighted by atomic mass is 10.1. The molecule has 1 aliphatic rings. The van der Waals surface area contributed by atoms with Crippen LogP contribution in [0.15, 0.2) is 47.2 Å². The highest BCUT2D eigenvalue weighted by molar-refractivity contribution is 5.24. The van der Waals surface area contributed by atoms with E-state index in [0.29, 0.717) is 24.0 Å². The second kappa shape index (κ2) is 9.00. The van der Waals surface area contributed by atoms with E-state index in [4.69, 9.17) is 14.0 Å². The minimum absolute atomic E-state index is 0.0141. The average Bonchev–Trinajstić information content (AvgIpc) is 3.16. The lowest BCUT2D eigenvalue weighted by Gasteiger charge is -2.32.